The van der Waals surface area contributed by atoms with E-state index in [4.69, 9.17) is 20.4 Å². The van der Waals surface area contributed by atoms with Crippen molar-refractivity contribution in [3.8, 4) is 5.82 Å². The number of anilines is 2. The van der Waals surface area contributed by atoms with Gasteiger partial charge in [-0.2, -0.15) is 9.97 Å². The van der Waals surface area contributed by atoms with E-state index in [-0.39, 0.29) is 17.9 Å². The molecule has 5 rings (SSSR count). The van der Waals surface area contributed by atoms with Crippen LogP contribution in [0.15, 0.2) is 30.3 Å². The van der Waals surface area contributed by atoms with Crippen LogP contribution in [0.1, 0.15) is 51.3 Å². The topological polar surface area (TPSA) is 94.1 Å². The Morgan fingerprint density at radius 2 is 1.89 bits per heavy atom. The molecular formula is C25H33F2N7O. The van der Waals surface area contributed by atoms with Crippen LogP contribution in [0.5, 0.6) is 0 Å². The molecule has 188 valence electrons. The number of aromatic nitrogens is 4. The van der Waals surface area contributed by atoms with E-state index in [0.29, 0.717) is 54.3 Å². The van der Waals surface area contributed by atoms with Crippen LogP contribution < -0.4 is 16.0 Å². The summed E-state index contributed by atoms with van der Waals surface area (Å²) in [5, 5.41) is 3.40. The van der Waals surface area contributed by atoms with E-state index in [2.05, 4.69) is 22.1 Å². The Labute approximate surface area is 203 Å². The molecule has 2 aliphatic rings. The third-order valence-corrected chi connectivity index (χ3v) is 7.14. The Balaban J connectivity index is 1.55. The number of hydrogen-bond acceptors (Lipinski definition) is 7. The lowest BCUT2D eigenvalue weighted by atomic mass is 9.86. The number of benzene rings is 1. The fraction of sp³-hybridized carbons (Fsp3) is 0.560. The van der Waals surface area contributed by atoms with Gasteiger partial charge in [0.1, 0.15) is 11.6 Å². The van der Waals surface area contributed by atoms with Crippen LogP contribution >= 0.6 is 0 Å². The molecule has 0 amide bonds. The minimum Gasteiger partial charge on any atom is -0.377 e. The monoisotopic (exact) mass is 485 g/mol. The van der Waals surface area contributed by atoms with E-state index in [0.717, 1.165) is 38.6 Å². The van der Waals surface area contributed by atoms with E-state index >= 15 is 0 Å². The van der Waals surface area contributed by atoms with Gasteiger partial charge < -0.3 is 20.7 Å². The fourth-order valence-corrected chi connectivity index (χ4v) is 5.12. The maximum atomic E-state index is 14.1. The quantitative estimate of drug-likeness (QED) is 0.515. The zero-order chi connectivity index (χ0) is 24.4. The Morgan fingerprint density at radius 1 is 1.11 bits per heavy atom. The number of para-hydroxylation sites is 2. The molecule has 2 aromatic heterocycles. The van der Waals surface area contributed by atoms with Gasteiger partial charge in [0.15, 0.2) is 5.82 Å². The molecule has 0 unspecified atom stereocenters. The Morgan fingerprint density at radius 3 is 2.66 bits per heavy atom. The van der Waals surface area contributed by atoms with Crippen LogP contribution in [0.25, 0.3) is 16.9 Å². The molecule has 0 spiro atoms. The molecule has 0 radical (unpaired) electrons. The number of rotatable bonds is 7. The summed E-state index contributed by atoms with van der Waals surface area (Å²) in [6, 6.07) is 9.38. The van der Waals surface area contributed by atoms with Gasteiger partial charge in [0.05, 0.1) is 30.3 Å². The standard InChI is InChI=1S/C25H33F2N7O/c1-2-18-15-35-12-11-33(18)21-13-22(32-25(31-21)29-14-16-7-9-17(28)10-8-16)34-20-6-4-3-5-19(20)30-24(34)23(26)27/h3-6,13,16-18,23H,2,7-12,14-15,28H2,1H3,(H,29,31,32)/t16-,17-,18-/m1/s1. The average molecular weight is 486 g/mol. The largest absolute Gasteiger partial charge is 0.377 e. The Hall–Kier alpha value is -2.85. The molecule has 3 heterocycles. The van der Waals surface area contributed by atoms with Crippen molar-refractivity contribution in [2.24, 2.45) is 11.7 Å². The normalized spacial score (nSPS) is 23.2. The number of nitrogens with two attached hydrogens (primary N) is 1. The molecule has 2 fully saturated rings. The molecular weight excluding hydrogens is 452 g/mol. The SMILES string of the molecule is CC[C@@H]1COCCN1c1cc(-n2c(C(F)F)nc3ccccc32)nc(NC[C@H]2CC[C@H](N)CC2)n1. The zero-order valence-electron chi connectivity index (χ0n) is 20.0. The Bertz CT molecular complexity index is 1150. The molecule has 10 heteroatoms. The summed E-state index contributed by atoms with van der Waals surface area (Å²) in [6.45, 7) is 4.72. The lowest BCUT2D eigenvalue weighted by Gasteiger charge is -2.36. The highest BCUT2D eigenvalue weighted by Gasteiger charge is 2.27. The highest BCUT2D eigenvalue weighted by atomic mass is 19.3. The minimum absolute atomic E-state index is 0.160. The highest BCUT2D eigenvalue weighted by Crippen LogP contribution is 2.30. The minimum atomic E-state index is -2.74. The van der Waals surface area contributed by atoms with Gasteiger partial charge >= 0.3 is 0 Å². The number of halogens is 2. The van der Waals surface area contributed by atoms with Crippen molar-refractivity contribution in [2.45, 2.75) is 57.5 Å². The maximum Gasteiger partial charge on any atom is 0.296 e. The van der Waals surface area contributed by atoms with Crippen LogP contribution in [-0.2, 0) is 4.74 Å². The first-order valence-electron chi connectivity index (χ1n) is 12.5. The van der Waals surface area contributed by atoms with Crippen molar-refractivity contribution in [3.05, 3.63) is 36.2 Å². The zero-order valence-corrected chi connectivity index (χ0v) is 20.0. The molecule has 35 heavy (non-hydrogen) atoms. The van der Waals surface area contributed by atoms with E-state index in [1.54, 1.807) is 24.3 Å². The first-order valence-corrected chi connectivity index (χ1v) is 12.5. The number of fused-ring (bicyclic) bond motifs is 1. The number of alkyl halides is 2. The second-order valence-electron chi connectivity index (χ2n) is 9.49. The molecule has 0 bridgehead atoms. The summed E-state index contributed by atoms with van der Waals surface area (Å²) < 4.78 is 35.3. The van der Waals surface area contributed by atoms with Gasteiger partial charge in [0.25, 0.3) is 6.43 Å². The number of nitrogens with zero attached hydrogens (tertiary/aromatic N) is 5. The molecule has 1 atom stereocenters. The van der Waals surface area contributed by atoms with Crippen molar-refractivity contribution in [2.75, 3.05) is 36.5 Å². The number of nitrogens with one attached hydrogen (secondary N) is 1. The first-order chi connectivity index (χ1) is 17.0. The number of morpholine rings is 1. The molecule has 8 nitrogen and oxygen atoms in total. The third-order valence-electron chi connectivity index (χ3n) is 7.14. The molecule has 1 aliphatic carbocycles. The fourth-order valence-electron chi connectivity index (χ4n) is 5.12. The predicted molar refractivity (Wildman–Crippen MR) is 132 cm³/mol. The number of imidazole rings is 1. The van der Waals surface area contributed by atoms with Crippen molar-refractivity contribution in [3.63, 3.8) is 0 Å². The van der Waals surface area contributed by atoms with Crippen LogP contribution in [0, 0.1) is 5.92 Å². The molecule has 1 saturated heterocycles. The Kier molecular flexibility index (Phi) is 7.10. The summed E-state index contributed by atoms with van der Waals surface area (Å²) in [5.74, 6) is 1.69. The lowest BCUT2D eigenvalue weighted by Crippen LogP contribution is -2.45. The molecule has 1 aromatic carbocycles. The molecule has 3 aromatic rings. The number of hydrogen-bond donors (Lipinski definition) is 2. The summed E-state index contributed by atoms with van der Waals surface area (Å²) in [7, 11) is 0. The van der Waals surface area contributed by atoms with Gasteiger partial charge in [-0.25, -0.2) is 13.8 Å². The van der Waals surface area contributed by atoms with E-state index in [9.17, 15) is 8.78 Å². The van der Waals surface area contributed by atoms with Gasteiger partial charge in [-0.05, 0) is 50.2 Å². The van der Waals surface area contributed by atoms with Crippen LogP contribution in [0.2, 0.25) is 0 Å². The van der Waals surface area contributed by atoms with E-state index in [1.165, 1.54) is 4.57 Å². The van der Waals surface area contributed by atoms with E-state index < -0.39 is 6.43 Å². The summed E-state index contributed by atoms with van der Waals surface area (Å²) >= 11 is 0. The summed E-state index contributed by atoms with van der Waals surface area (Å²) in [4.78, 5) is 15.9. The smallest absolute Gasteiger partial charge is 0.296 e. The van der Waals surface area contributed by atoms with Crippen LogP contribution in [0.3, 0.4) is 0 Å². The first kappa shape index (κ1) is 23.9. The van der Waals surface area contributed by atoms with Crippen molar-refractivity contribution >= 4 is 22.8 Å². The summed E-state index contributed by atoms with van der Waals surface area (Å²) in [6.07, 6.45) is 2.30. The average Bonchev–Trinajstić information content (AvgIpc) is 3.28. The maximum absolute atomic E-state index is 14.1. The molecule has 1 aliphatic heterocycles. The van der Waals surface area contributed by atoms with Gasteiger partial charge in [0.2, 0.25) is 5.95 Å². The van der Waals surface area contributed by atoms with Gasteiger partial charge in [-0.15, -0.1) is 0 Å². The van der Waals surface area contributed by atoms with Crippen molar-refractivity contribution < 1.29 is 13.5 Å². The lowest BCUT2D eigenvalue weighted by molar-refractivity contribution is 0.0925. The highest BCUT2D eigenvalue weighted by molar-refractivity contribution is 5.78. The predicted octanol–water partition coefficient (Wildman–Crippen LogP) is 4.30. The molecule has 1 saturated carbocycles. The number of ether oxygens (including phenoxy) is 1. The van der Waals surface area contributed by atoms with Crippen molar-refractivity contribution in [1.82, 2.24) is 19.5 Å². The van der Waals surface area contributed by atoms with Crippen LogP contribution in [0.4, 0.5) is 20.5 Å². The third kappa shape index (κ3) is 5.08. The van der Waals surface area contributed by atoms with Crippen molar-refractivity contribution in [1.29, 1.82) is 0 Å². The van der Waals surface area contributed by atoms with Gasteiger partial charge in [-0.3, -0.25) is 4.57 Å². The van der Waals surface area contributed by atoms with Crippen LogP contribution in [-0.4, -0.2) is 57.9 Å². The van der Waals surface area contributed by atoms with Gasteiger partial charge in [-0.1, -0.05) is 19.1 Å². The molecule has 3 N–H and O–H groups in total. The van der Waals surface area contributed by atoms with E-state index in [1.807, 2.05) is 6.07 Å². The summed E-state index contributed by atoms with van der Waals surface area (Å²) in [5.41, 5.74) is 7.16. The second kappa shape index (κ2) is 10.4. The van der Waals surface area contributed by atoms with Gasteiger partial charge in [0, 0.05) is 25.2 Å². The second-order valence-corrected chi connectivity index (χ2v) is 9.49.